The van der Waals surface area contributed by atoms with Crippen LogP contribution in [0.4, 0.5) is 0 Å². The predicted octanol–water partition coefficient (Wildman–Crippen LogP) is 4.79. The van der Waals surface area contributed by atoms with E-state index in [0.29, 0.717) is 17.2 Å². The molecule has 130 valence electrons. The Labute approximate surface area is 148 Å². The van der Waals surface area contributed by atoms with Gasteiger partial charge in [0.1, 0.15) is 0 Å². The summed E-state index contributed by atoms with van der Waals surface area (Å²) in [5.41, 5.74) is 5.59. The zero-order chi connectivity index (χ0) is 18.0. The molecular formula is C21H23NO3. The highest BCUT2D eigenvalue weighted by atomic mass is 16.5. The van der Waals surface area contributed by atoms with Gasteiger partial charge in [0, 0.05) is 16.9 Å². The maximum Gasteiger partial charge on any atom is 0.203 e. The molecule has 4 heteroatoms. The normalized spacial score (nSPS) is 10.6. The number of aromatic nitrogens is 1. The van der Waals surface area contributed by atoms with E-state index in [1.165, 1.54) is 5.56 Å². The number of hydrogen-bond acceptors (Lipinski definition) is 3. The lowest BCUT2D eigenvalue weighted by molar-refractivity contribution is 0.324. The smallest absolute Gasteiger partial charge is 0.203 e. The molecule has 0 saturated carbocycles. The molecule has 25 heavy (non-hydrogen) atoms. The summed E-state index contributed by atoms with van der Waals surface area (Å²) in [6, 6.07) is 16.7. The Balaban J connectivity index is 2.19. The van der Waals surface area contributed by atoms with Crippen LogP contribution in [0.25, 0.3) is 16.9 Å². The Kier molecular flexibility index (Phi) is 4.70. The van der Waals surface area contributed by atoms with Crippen LogP contribution in [0.15, 0.2) is 48.5 Å². The first-order valence-electron chi connectivity index (χ1n) is 8.14. The van der Waals surface area contributed by atoms with Gasteiger partial charge in [-0.2, -0.15) is 0 Å². The van der Waals surface area contributed by atoms with E-state index in [1.807, 2.05) is 12.1 Å². The third-order valence-corrected chi connectivity index (χ3v) is 4.33. The number of nitrogens with zero attached hydrogens (tertiary/aromatic N) is 1. The minimum atomic E-state index is 0.596. The first-order chi connectivity index (χ1) is 12.1. The Hall–Kier alpha value is -2.88. The van der Waals surface area contributed by atoms with Crippen molar-refractivity contribution < 1.29 is 14.2 Å². The van der Waals surface area contributed by atoms with Crippen molar-refractivity contribution in [3.05, 3.63) is 59.8 Å². The minimum absolute atomic E-state index is 0.596. The maximum absolute atomic E-state index is 5.49. The van der Waals surface area contributed by atoms with Gasteiger partial charge in [-0.05, 0) is 50.2 Å². The summed E-state index contributed by atoms with van der Waals surface area (Å²) in [6.07, 6.45) is 0. The summed E-state index contributed by atoms with van der Waals surface area (Å²) in [6.45, 7) is 4.19. The molecule has 2 aromatic carbocycles. The van der Waals surface area contributed by atoms with Crippen molar-refractivity contribution in [3.8, 4) is 34.2 Å². The van der Waals surface area contributed by atoms with Crippen LogP contribution in [0.2, 0.25) is 0 Å². The van der Waals surface area contributed by atoms with E-state index < -0.39 is 0 Å². The highest BCUT2D eigenvalue weighted by Crippen LogP contribution is 2.41. The summed E-state index contributed by atoms with van der Waals surface area (Å²) in [5.74, 6) is 1.89. The van der Waals surface area contributed by atoms with E-state index in [-0.39, 0.29) is 0 Å². The lowest BCUT2D eigenvalue weighted by Crippen LogP contribution is -2.00. The third kappa shape index (κ3) is 3.07. The zero-order valence-corrected chi connectivity index (χ0v) is 15.3. The van der Waals surface area contributed by atoms with Gasteiger partial charge in [0.2, 0.25) is 5.75 Å². The minimum Gasteiger partial charge on any atom is -0.493 e. The molecule has 3 aromatic rings. The van der Waals surface area contributed by atoms with Gasteiger partial charge in [-0.15, -0.1) is 0 Å². The van der Waals surface area contributed by atoms with Crippen LogP contribution in [0.3, 0.4) is 0 Å². The topological polar surface area (TPSA) is 32.6 Å². The van der Waals surface area contributed by atoms with Crippen LogP contribution in [0.1, 0.15) is 11.3 Å². The molecule has 0 aliphatic rings. The number of hydrogen-bond donors (Lipinski definition) is 0. The van der Waals surface area contributed by atoms with Crippen LogP contribution in [0, 0.1) is 13.8 Å². The number of methoxy groups -OCH3 is 3. The van der Waals surface area contributed by atoms with E-state index in [1.54, 1.807) is 21.3 Å². The van der Waals surface area contributed by atoms with E-state index in [9.17, 15) is 0 Å². The van der Waals surface area contributed by atoms with Crippen molar-refractivity contribution in [2.24, 2.45) is 0 Å². The van der Waals surface area contributed by atoms with Crippen LogP contribution >= 0.6 is 0 Å². The molecule has 0 aliphatic carbocycles. The summed E-state index contributed by atoms with van der Waals surface area (Å²) in [5, 5.41) is 0. The Morgan fingerprint density at radius 3 is 1.84 bits per heavy atom. The monoisotopic (exact) mass is 337 g/mol. The van der Waals surface area contributed by atoms with Gasteiger partial charge in [0.05, 0.1) is 27.0 Å². The molecule has 3 rings (SSSR count). The standard InChI is InChI=1S/C21H23NO3/c1-14-6-9-17(10-7-14)22-15(2)8-11-18(22)16-12-19(23-3)21(25-5)20(13-16)24-4/h6-13H,1-5H3. The van der Waals surface area contributed by atoms with Crippen molar-refractivity contribution >= 4 is 0 Å². The summed E-state index contributed by atoms with van der Waals surface area (Å²) in [7, 11) is 4.87. The molecule has 0 bridgehead atoms. The maximum atomic E-state index is 5.49. The number of benzene rings is 2. The van der Waals surface area contributed by atoms with Crippen LogP contribution in [0.5, 0.6) is 17.2 Å². The molecule has 0 unspecified atom stereocenters. The van der Waals surface area contributed by atoms with Gasteiger partial charge in [-0.25, -0.2) is 0 Å². The molecule has 1 aromatic heterocycles. The van der Waals surface area contributed by atoms with Gasteiger partial charge in [0.15, 0.2) is 11.5 Å². The van der Waals surface area contributed by atoms with E-state index in [4.69, 9.17) is 14.2 Å². The van der Waals surface area contributed by atoms with Crippen molar-refractivity contribution in [1.29, 1.82) is 0 Å². The highest BCUT2D eigenvalue weighted by molar-refractivity contribution is 5.71. The van der Waals surface area contributed by atoms with Crippen LogP contribution in [-0.2, 0) is 0 Å². The van der Waals surface area contributed by atoms with Crippen molar-refractivity contribution in [2.45, 2.75) is 13.8 Å². The molecule has 0 radical (unpaired) electrons. The van der Waals surface area contributed by atoms with Gasteiger partial charge in [0.25, 0.3) is 0 Å². The number of ether oxygens (including phenoxy) is 3. The summed E-state index contributed by atoms with van der Waals surface area (Å²) in [4.78, 5) is 0. The highest BCUT2D eigenvalue weighted by Gasteiger charge is 2.17. The molecule has 0 amide bonds. The Morgan fingerprint density at radius 1 is 0.720 bits per heavy atom. The first-order valence-corrected chi connectivity index (χ1v) is 8.14. The largest absolute Gasteiger partial charge is 0.493 e. The van der Waals surface area contributed by atoms with Gasteiger partial charge >= 0.3 is 0 Å². The van der Waals surface area contributed by atoms with Crippen LogP contribution in [-0.4, -0.2) is 25.9 Å². The second-order valence-corrected chi connectivity index (χ2v) is 5.94. The molecule has 1 heterocycles. The van der Waals surface area contributed by atoms with Gasteiger partial charge in [-0.3, -0.25) is 0 Å². The van der Waals surface area contributed by atoms with Crippen molar-refractivity contribution in [1.82, 2.24) is 4.57 Å². The average Bonchev–Trinajstić information content (AvgIpc) is 3.02. The zero-order valence-electron chi connectivity index (χ0n) is 15.3. The van der Waals surface area contributed by atoms with E-state index in [2.05, 4.69) is 54.8 Å². The second kappa shape index (κ2) is 6.93. The Bertz CT molecular complexity index is 854. The van der Waals surface area contributed by atoms with E-state index in [0.717, 1.165) is 22.6 Å². The second-order valence-electron chi connectivity index (χ2n) is 5.94. The van der Waals surface area contributed by atoms with Crippen molar-refractivity contribution in [2.75, 3.05) is 21.3 Å². The lowest BCUT2D eigenvalue weighted by Gasteiger charge is -2.16. The fourth-order valence-corrected chi connectivity index (χ4v) is 3.03. The molecule has 0 N–H and O–H groups in total. The van der Waals surface area contributed by atoms with Gasteiger partial charge in [-0.1, -0.05) is 17.7 Å². The molecule has 4 nitrogen and oxygen atoms in total. The molecule has 0 atom stereocenters. The average molecular weight is 337 g/mol. The number of aryl methyl sites for hydroxylation is 2. The molecule has 0 fully saturated rings. The summed E-state index contributed by atoms with van der Waals surface area (Å²) >= 11 is 0. The fraction of sp³-hybridized carbons (Fsp3) is 0.238. The number of rotatable bonds is 5. The predicted molar refractivity (Wildman–Crippen MR) is 100 cm³/mol. The summed E-state index contributed by atoms with van der Waals surface area (Å²) < 4.78 is 18.6. The van der Waals surface area contributed by atoms with Crippen LogP contribution < -0.4 is 14.2 Å². The quantitative estimate of drug-likeness (QED) is 0.671. The fourth-order valence-electron chi connectivity index (χ4n) is 3.03. The molecule has 0 spiro atoms. The van der Waals surface area contributed by atoms with E-state index >= 15 is 0 Å². The first kappa shape index (κ1) is 17.0. The Morgan fingerprint density at radius 2 is 1.32 bits per heavy atom. The third-order valence-electron chi connectivity index (χ3n) is 4.33. The molecule has 0 saturated heterocycles. The SMILES string of the molecule is COc1cc(-c2ccc(C)n2-c2ccc(C)cc2)cc(OC)c1OC. The molecular weight excluding hydrogens is 314 g/mol. The molecule has 0 aliphatic heterocycles. The van der Waals surface area contributed by atoms with Crippen molar-refractivity contribution in [3.63, 3.8) is 0 Å². The van der Waals surface area contributed by atoms with Gasteiger partial charge < -0.3 is 18.8 Å². The lowest BCUT2D eigenvalue weighted by atomic mass is 10.1.